The van der Waals surface area contributed by atoms with Crippen LogP contribution < -0.4 is 11.1 Å². The number of carbonyl (C=O) groups is 1. The van der Waals surface area contributed by atoms with Crippen LogP contribution in [0.2, 0.25) is 0 Å². The average Bonchev–Trinajstić information content (AvgIpc) is 2.29. The lowest BCUT2D eigenvalue weighted by atomic mass is 9.92. The summed E-state index contributed by atoms with van der Waals surface area (Å²) in [6.07, 6.45) is 0. The third-order valence-corrected chi connectivity index (χ3v) is 3.60. The van der Waals surface area contributed by atoms with Crippen molar-refractivity contribution in [2.45, 2.75) is 19.9 Å². The zero-order valence-corrected chi connectivity index (χ0v) is 15.2. The highest BCUT2D eigenvalue weighted by molar-refractivity contribution is 5.86. The van der Waals surface area contributed by atoms with Gasteiger partial charge in [0.25, 0.3) is 0 Å². The van der Waals surface area contributed by atoms with E-state index in [9.17, 15) is 4.79 Å². The molecule has 5 nitrogen and oxygen atoms in total. The molecule has 0 bridgehead atoms. The topological polar surface area (TPSA) is 61.6 Å². The minimum Gasteiger partial charge on any atom is -0.354 e. The fraction of sp³-hybridized carbons (Fsp3) is 0.917. The van der Waals surface area contributed by atoms with Crippen molar-refractivity contribution in [2.24, 2.45) is 11.1 Å². The fourth-order valence-corrected chi connectivity index (χ4v) is 1.86. The van der Waals surface area contributed by atoms with Gasteiger partial charge in [-0.3, -0.25) is 9.69 Å². The number of likely N-dealkylation sites (N-methyl/N-ethyl adjacent to an activating group) is 2. The van der Waals surface area contributed by atoms with Gasteiger partial charge in [0.15, 0.2) is 0 Å². The molecule has 1 saturated heterocycles. The quantitative estimate of drug-likeness (QED) is 0.778. The number of nitrogens with one attached hydrogen (secondary N) is 1. The molecule has 0 spiro atoms. The molecule has 0 aromatic carbocycles. The van der Waals surface area contributed by atoms with E-state index >= 15 is 0 Å². The molecule has 0 radical (unpaired) electrons. The van der Waals surface area contributed by atoms with Gasteiger partial charge >= 0.3 is 0 Å². The highest BCUT2D eigenvalue weighted by Crippen LogP contribution is 2.12. The van der Waals surface area contributed by atoms with Crippen LogP contribution in [0.1, 0.15) is 13.8 Å². The summed E-state index contributed by atoms with van der Waals surface area (Å²) in [5.74, 6) is 0.0432. The smallest absolute Gasteiger partial charge is 0.226 e. The van der Waals surface area contributed by atoms with E-state index in [0.29, 0.717) is 19.1 Å². The number of nitrogens with two attached hydrogens (primary N) is 1. The predicted molar refractivity (Wildman–Crippen MR) is 91.5 cm³/mol. The van der Waals surface area contributed by atoms with Gasteiger partial charge in [-0.1, -0.05) is 0 Å². The van der Waals surface area contributed by atoms with Crippen molar-refractivity contribution < 1.29 is 4.79 Å². The molecular formula is C12H29Cl3N4O. The maximum Gasteiger partial charge on any atom is 0.226 e. The van der Waals surface area contributed by atoms with Crippen molar-refractivity contribution in [1.82, 2.24) is 15.1 Å². The Labute approximate surface area is 141 Å². The number of nitrogens with zero attached hydrogens (tertiary/aromatic N) is 2. The van der Waals surface area contributed by atoms with Crippen LogP contribution in [0.15, 0.2) is 0 Å². The van der Waals surface area contributed by atoms with Crippen molar-refractivity contribution in [3.8, 4) is 0 Å². The molecule has 0 aromatic rings. The Kier molecular flexibility index (Phi) is 13.7. The second-order valence-electron chi connectivity index (χ2n) is 5.69. The molecule has 1 heterocycles. The van der Waals surface area contributed by atoms with E-state index < -0.39 is 5.41 Å². The Hall–Kier alpha value is 0.220. The van der Waals surface area contributed by atoms with Gasteiger partial charge in [0.2, 0.25) is 5.91 Å². The van der Waals surface area contributed by atoms with Crippen molar-refractivity contribution in [1.29, 1.82) is 0 Å². The number of hydrogen-bond donors (Lipinski definition) is 2. The molecule has 1 unspecified atom stereocenters. The van der Waals surface area contributed by atoms with Crippen LogP contribution in [0.5, 0.6) is 0 Å². The number of hydrogen-bond acceptors (Lipinski definition) is 4. The third-order valence-electron chi connectivity index (χ3n) is 3.60. The van der Waals surface area contributed by atoms with Gasteiger partial charge in [-0.15, -0.1) is 37.2 Å². The van der Waals surface area contributed by atoms with Crippen molar-refractivity contribution in [3.63, 3.8) is 0 Å². The predicted octanol–water partition coefficient (Wildman–Crippen LogP) is 0.599. The van der Waals surface area contributed by atoms with Crippen LogP contribution in [0.3, 0.4) is 0 Å². The molecule has 124 valence electrons. The minimum absolute atomic E-state index is 0. The van der Waals surface area contributed by atoms with Crippen LogP contribution in [0.25, 0.3) is 0 Å². The van der Waals surface area contributed by atoms with Gasteiger partial charge in [0.1, 0.15) is 0 Å². The van der Waals surface area contributed by atoms with Gasteiger partial charge in [0.05, 0.1) is 5.41 Å². The molecule has 1 rings (SSSR count). The summed E-state index contributed by atoms with van der Waals surface area (Å²) in [6, 6.07) is 0.395. The standard InChI is InChI=1S/C12H26N4O.3ClH/c1-12(2,9-13)11(17)14-7-10-8-15(3)5-6-16(10)4;;;/h10H,5-9,13H2,1-4H3,(H,14,17);3*1H. The molecule has 20 heavy (non-hydrogen) atoms. The normalized spacial score (nSPS) is 20.1. The summed E-state index contributed by atoms with van der Waals surface area (Å²) in [6.45, 7) is 7.97. The summed E-state index contributed by atoms with van der Waals surface area (Å²) >= 11 is 0. The van der Waals surface area contributed by atoms with E-state index in [0.717, 1.165) is 19.6 Å². The first-order chi connectivity index (χ1) is 7.86. The maximum absolute atomic E-state index is 11.9. The molecule has 1 amide bonds. The second-order valence-corrected chi connectivity index (χ2v) is 5.69. The number of rotatable bonds is 4. The zero-order chi connectivity index (χ0) is 13.1. The van der Waals surface area contributed by atoms with E-state index in [4.69, 9.17) is 5.73 Å². The van der Waals surface area contributed by atoms with Crippen LogP contribution in [-0.2, 0) is 4.79 Å². The monoisotopic (exact) mass is 350 g/mol. The molecule has 0 saturated carbocycles. The van der Waals surface area contributed by atoms with Gasteiger partial charge in [-0.05, 0) is 27.9 Å². The number of halogens is 3. The third kappa shape index (κ3) is 7.29. The van der Waals surface area contributed by atoms with E-state index in [2.05, 4.69) is 29.2 Å². The molecule has 0 aliphatic carbocycles. The molecule has 1 atom stereocenters. The molecule has 3 N–H and O–H groups in total. The SMILES string of the molecule is CN1CCN(C)C(CNC(=O)C(C)(C)CN)C1.Cl.Cl.Cl. The number of carbonyl (C=O) groups excluding carboxylic acids is 1. The van der Waals surface area contributed by atoms with Crippen molar-refractivity contribution in [3.05, 3.63) is 0 Å². The molecular weight excluding hydrogens is 323 g/mol. The van der Waals surface area contributed by atoms with E-state index in [1.807, 2.05) is 13.8 Å². The molecule has 1 fully saturated rings. The first-order valence-electron chi connectivity index (χ1n) is 6.24. The van der Waals surface area contributed by atoms with Crippen LogP contribution in [-0.4, -0.2) is 68.6 Å². The fourth-order valence-electron chi connectivity index (χ4n) is 1.86. The molecule has 1 aliphatic rings. The van der Waals surface area contributed by atoms with Crippen LogP contribution in [0, 0.1) is 5.41 Å². The number of piperazine rings is 1. The summed E-state index contributed by atoms with van der Waals surface area (Å²) in [7, 11) is 4.23. The Morgan fingerprint density at radius 2 is 1.80 bits per heavy atom. The Balaban J connectivity index is -0.000000963. The Morgan fingerprint density at radius 1 is 1.25 bits per heavy atom. The average molecular weight is 352 g/mol. The summed E-state index contributed by atoms with van der Waals surface area (Å²) in [5, 5.41) is 3.01. The van der Waals surface area contributed by atoms with Crippen LogP contribution >= 0.6 is 37.2 Å². The maximum atomic E-state index is 11.9. The first kappa shape index (κ1) is 25.2. The molecule has 8 heteroatoms. The summed E-state index contributed by atoms with van der Waals surface area (Å²) in [4.78, 5) is 16.5. The molecule has 1 aliphatic heterocycles. The van der Waals surface area contributed by atoms with E-state index in [1.54, 1.807) is 0 Å². The Morgan fingerprint density at radius 3 is 2.30 bits per heavy atom. The first-order valence-corrected chi connectivity index (χ1v) is 6.24. The van der Waals surface area contributed by atoms with Crippen LogP contribution in [0.4, 0.5) is 0 Å². The van der Waals surface area contributed by atoms with Crippen molar-refractivity contribution in [2.75, 3.05) is 46.8 Å². The van der Waals surface area contributed by atoms with Gasteiger partial charge in [-0.25, -0.2) is 0 Å². The Bertz CT molecular complexity index is 279. The van der Waals surface area contributed by atoms with E-state index in [-0.39, 0.29) is 43.1 Å². The highest BCUT2D eigenvalue weighted by Gasteiger charge is 2.28. The number of amides is 1. The lowest BCUT2D eigenvalue weighted by Gasteiger charge is -2.38. The van der Waals surface area contributed by atoms with Crippen molar-refractivity contribution >= 4 is 43.1 Å². The molecule has 0 aromatic heterocycles. The minimum atomic E-state index is -0.473. The van der Waals surface area contributed by atoms with Gasteiger partial charge in [-0.2, -0.15) is 0 Å². The van der Waals surface area contributed by atoms with Gasteiger partial charge in [0, 0.05) is 38.8 Å². The second kappa shape index (κ2) is 10.9. The highest BCUT2D eigenvalue weighted by atomic mass is 35.5. The largest absolute Gasteiger partial charge is 0.354 e. The zero-order valence-electron chi connectivity index (χ0n) is 12.7. The lowest BCUT2D eigenvalue weighted by molar-refractivity contribution is -0.129. The van der Waals surface area contributed by atoms with E-state index in [1.165, 1.54) is 0 Å². The van der Waals surface area contributed by atoms with Gasteiger partial charge < -0.3 is 16.0 Å². The summed E-state index contributed by atoms with van der Waals surface area (Å²) < 4.78 is 0. The summed E-state index contributed by atoms with van der Waals surface area (Å²) in [5.41, 5.74) is 5.11. The lowest BCUT2D eigenvalue weighted by Crippen LogP contribution is -2.55.